The maximum absolute atomic E-state index is 13.2. The molecule has 19 rings (SSSR count). The number of para-hydroxylation sites is 1. The van der Waals surface area contributed by atoms with Gasteiger partial charge in [-0.1, -0.05) is 106 Å². The number of aryl methyl sites for hydroxylation is 1. The van der Waals surface area contributed by atoms with Crippen molar-refractivity contribution in [2.75, 3.05) is 228 Å². The number of pyridine rings is 2. The van der Waals surface area contributed by atoms with Crippen LogP contribution in [0.4, 0.5) is 37.8 Å². The number of likely N-dealkylation sites (tertiary alicyclic amines) is 1. The number of hydrogen-bond donors (Lipinski definition) is 2. The molecule has 7 aliphatic rings. The Kier molecular flexibility index (Phi) is 38.1. The molecule has 5 aromatic heterocycles. The van der Waals surface area contributed by atoms with Crippen LogP contribution in [0.25, 0.3) is 49.0 Å². The molecule has 29 nitrogen and oxygen atoms in total. The Morgan fingerprint density at radius 1 is 0.493 bits per heavy atom. The number of morpholine rings is 1. The van der Waals surface area contributed by atoms with Gasteiger partial charge < -0.3 is 78.3 Å². The lowest BCUT2D eigenvalue weighted by Gasteiger charge is -2.34. The predicted octanol–water partition coefficient (Wildman–Crippen LogP) is 19.2. The van der Waals surface area contributed by atoms with Crippen LogP contribution in [0.2, 0.25) is 0 Å². The van der Waals surface area contributed by atoms with Crippen LogP contribution in [-0.4, -0.2) is 288 Å². The number of nitrogens with zero attached hydrogens (tertiary/aromatic N) is 17. The number of nitrogens with one attached hydrogen (secondary N) is 2. The number of Topliss-reactive ketones (excluding diaryl/α,β-unsaturated/α-hetero) is 1. The van der Waals surface area contributed by atoms with Crippen molar-refractivity contribution in [3.63, 3.8) is 0 Å². The number of methoxy groups -OCH3 is 3. The third-order valence-corrected chi connectivity index (χ3v) is 30.6. The number of hydrogen-bond acceptors (Lipinski definition) is 27. The molecule has 2 unspecified atom stereocenters. The minimum absolute atomic E-state index is 0.00732. The van der Waals surface area contributed by atoms with Crippen molar-refractivity contribution in [1.29, 1.82) is 0 Å². The summed E-state index contributed by atoms with van der Waals surface area (Å²) in [5.74, 6) is 4.27. The van der Waals surface area contributed by atoms with Gasteiger partial charge in [0.25, 0.3) is 5.91 Å². The molecule has 3 amide bonds. The second kappa shape index (κ2) is 52.1. The summed E-state index contributed by atoms with van der Waals surface area (Å²) in [7, 11) is 5.20. The number of rotatable bonds is 29. The molecule has 12 aromatic rings. The van der Waals surface area contributed by atoms with Crippen LogP contribution in [0.3, 0.4) is 0 Å². The zero-order valence-corrected chi connectivity index (χ0v) is 89.6. The van der Waals surface area contributed by atoms with Crippen molar-refractivity contribution >= 4 is 123 Å². The number of ketones is 1. The first-order valence-electron chi connectivity index (χ1n) is 53.1. The monoisotopic (exact) mass is 2020 g/mol. The smallest absolute Gasteiger partial charge is 0.410 e. The Bertz CT molecular complexity index is 6230. The molecule has 7 fully saturated rings. The van der Waals surface area contributed by atoms with Crippen LogP contribution < -0.4 is 59.0 Å². The molecule has 0 radical (unpaired) electrons. The maximum atomic E-state index is 13.2. The van der Waals surface area contributed by atoms with Gasteiger partial charge in [-0.3, -0.25) is 39.1 Å². The van der Waals surface area contributed by atoms with Gasteiger partial charge in [-0.2, -0.15) is 5.10 Å². The van der Waals surface area contributed by atoms with E-state index >= 15 is 0 Å². The largest absolute Gasteiger partial charge is 0.495 e. The van der Waals surface area contributed by atoms with Crippen LogP contribution in [0.5, 0.6) is 23.0 Å². The SMILES string of the molecule is COc1ccc2ccccc2c1N1CCCN(C(CC(C)=O)c2csc(N3CCOCC3)n2)CC1.COc1ccc2cccnc2c1N1CCCN(C(CC(=O)NCCC(C)(C)C)c2ccn(-c3ccccc3)n2)CC1.COc1ccc2cccnc2c1N1CCCN(CC2CCN(C(=O)OC(C)C)CC2)CC1.Cc1cc2ccccc2c(N2CCCN(Cc3csc(N4CCCCC4)n3)CC2)c1OCC(=O)NC(C)C. The van der Waals surface area contributed by atoms with Gasteiger partial charge in [0.15, 0.2) is 16.9 Å². The molecule has 0 bridgehead atoms. The van der Waals surface area contributed by atoms with E-state index in [-0.39, 0.29) is 59.9 Å². The summed E-state index contributed by atoms with van der Waals surface area (Å²) in [5.41, 5.74) is 11.8. The summed E-state index contributed by atoms with van der Waals surface area (Å²) >= 11 is 3.47. The zero-order valence-electron chi connectivity index (χ0n) is 88.0. The van der Waals surface area contributed by atoms with Crippen molar-refractivity contribution in [3.8, 4) is 28.7 Å². The molecule has 0 spiro atoms. The number of benzene rings is 7. The van der Waals surface area contributed by atoms with E-state index in [0.717, 1.165) is 305 Å². The fourth-order valence-corrected chi connectivity index (χ4v) is 23.1. The topological polar surface area (TPSA) is 253 Å². The van der Waals surface area contributed by atoms with E-state index in [1.54, 1.807) is 50.9 Å². The number of piperidine rings is 2. The highest BCUT2D eigenvalue weighted by Crippen LogP contribution is 2.44. The minimum atomic E-state index is -0.165. The summed E-state index contributed by atoms with van der Waals surface area (Å²) in [6, 6.07) is 51.9. The number of carbonyl (C=O) groups excluding carboxylic acids is 4. The van der Waals surface area contributed by atoms with E-state index in [2.05, 4.69) is 206 Å². The van der Waals surface area contributed by atoms with Crippen LogP contribution >= 0.6 is 22.7 Å². The van der Waals surface area contributed by atoms with Gasteiger partial charge in [0.1, 0.15) is 40.2 Å². The minimum Gasteiger partial charge on any atom is -0.495 e. The average molecular weight is 2030 g/mol. The number of fused-ring (bicyclic) bond motifs is 4. The van der Waals surface area contributed by atoms with Crippen molar-refractivity contribution in [3.05, 3.63) is 204 Å². The summed E-state index contributed by atoms with van der Waals surface area (Å²) in [6.07, 6.45) is 17.4. The quantitative estimate of drug-likeness (QED) is 0.0442. The van der Waals surface area contributed by atoms with Crippen molar-refractivity contribution in [2.45, 2.75) is 170 Å². The lowest BCUT2D eigenvalue weighted by molar-refractivity contribution is -0.124. The number of ether oxygens (including phenoxy) is 6. The average Bonchev–Trinajstić information content (AvgIpc) is 0.799. The molecule has 2 atom stereocenters. The molecule has 31 heteroatoms. The highest BCUT2D eigenvalue weighted by Gasteiger charge is 2.35. The number of carbonyl (C=O) groups is 4. The summed E-state index contributed by atoms with van der Waals surface area (Å²) in [5, 5.41) is 24.7. The van der Waals surface area contributed by atoms with Crippen LogP contribution in [0.1, 0.15) is 167 Å². The van der Waals surface area contributed by atoms with Gasteiger partial charge in [0, 0.05) is 227 Å². The summed E-state index contributed by atoms with van der Waals surface area (Å²) < 4.78 is 36.3. The van der Waals surface area contributed by atoms with Crippen molar-refractivity contribution in [2.24, 2.45) is 11.3 Å². The number of thiazole rings is 2. The van der Waals surface area contributed by atoms with Crippen LogP contribution in [0.15, 0.2) is 181 Å². The molecule has 7 aliphatic heterocycles. The van der Waals surface area contributed by atoms with Gasteiger partial charge >= 0.3 is 6.09 Å². The van der Waals surface area contributed by atoms with Gasteiger partial charge in [-0.05, 0) is 207 Å². The van der Waals surface area contributed by atoms with E-state index in [4.69, 9.17) is 48.5 Å². The highest BCUT2D eigenvalue weighted by atomic mass is 32.1. The van der Waals surface area contributed by atoms with Crippen LogP contribution in [0, 0.1) is 18.3 Å². The van der Waals surface area contributed by atoms with Gasteiger partial charge in [0.2, 0.25) is 5.91 Å². The number of aromatic nitrogens is 6. The van der Waals surface area contributed by atoms with E-state index in [1.165, 1.54) is 57.3 Å². The zero-order chi connectivity index (χ0) is 102. The Labute approximate surface area is 871 Å². The molecule has 146 heavy (non-hydrogen) atoms. The van der Waals surface area contributed by atoms with Crippen LogP contribution in [-0.2, 0) is 30.4 Å². The highest BCUT2D eigenvalue weighted by molar-refractivity contribution is 7.14. The van der Waals surface area contributed by atoms with Gasteiger partial charge in [-0.25, -0.2) is 19.4 Å². The first kappa shape index (κ1) is 107. The molecule has 12 heterocycles. The molecular formula is C115H153N19O10S2. The van der Waals surface area contributed by atoms with Crippen molar-refractivity contribution in [1.82, 2.24) is 64.8 Å². The van der Waals surface area contributed by atoms with Crippen molar-refractivity contribution < 1.29 is 47.6 Å². The van der Waals surface area contributed by atoms with E-state index in [9.17, 15) is 19.2 Å². The fraction of sp³-hybridized carbons (Fsp3) is 0.504. The van der Waals surface area contributed by atoms with Gasteiger partial charge in [0.05, 0.1) is 97.9 Å². The number of anilines is 6. The molecule has 0 saturated carbocycles. The van der Waals surface area contributed by atoms with E-state index in [1.807, 2.05) is 104 Å². The third kappa shape index (κ3) is 28.5. The fourth-order valence-electron chi connectivity index (χ4n) is 21.3. The second-order valence-corrected chi connectivity index (χ2v) is 43.0. The van der Waals surface area contributed by atoms with E-state index in [0.29, 0.717) is 25.3 Å². The predicted molar refractivity (Wildman–Crippen MR) is 592 cm³/mol. The third-order valence-electron chi connectivity index (χ3n) is 28.7. The molecule has 0 aliphatic carbocycles. The Balaban J connectivity index is 0.000000140. The maximum Gasteiger partial charge on any atom is 0.410 e. The Hall–Kier alpha value is -12.0. The lowest BCUT2D eigenvalue weighted by atomic mass is 9.92. The first-order chi connectivity index (χ1) is 71.0. The Morgan fingerprint density at radius 2 is 1.02 bits per heavy atom. The molecule has 7 saturated heterocycles. The summed E-state index contributed by atoms with van der Waals surface area (Å²) in [4.78, 5) is 95.8. The standard InChI is InChI=1S/C33H42N6O2.C30H41N5O2S.C27H34N4O3S.C25H36N4O3/c1-33(2,3)16-18-34-30(40)24-28(27-15-21-39(36-27)26-11-6-5-7-12-26)37-19-9-20-38(23-22-37)32-29(41-4)14-13-25-10-8-17-35-31(25)32;1-22(2)31-27(36)20-37-29-23(3)18-24-10-5-6-11-26(24)28(29)34-15-9-12-33(16-17-34)19-25-21-38-30(32-25)35-13-7-4-8-14-35;1-20(32)18-24(23-19-35-27(28-23)31-14-16-34-17-15-31)29-10-5-11-30(13-12-29)26-22-7-4-3-6-21(22)8-9-25(26)33-2;1-19(2)32-25(30)29-14-9-20(10-15-29)18-27-12-5-13-28(17-16-27)24-22(31-3)8-7-21-6-4-11-26-23(21)24/h5-8,10-15,17,21,28H,9,16,18-20,22-24H2,1-4H3,(H,34,40);5-6,10-11,18,21-22H,4,7-9,12-17,19-20H2,1-3H3,(H,31,36);3-4,6-9,19,24H,5,10-18H2,1-2H3;4,6-8,11,19-20H,5,9-10,12-18H2,1-3H3. The summed E-state index contributed by atoms with van der Waals surface area (Å²) in [6.45, 7) is 42.8. The first-order valence-corrected chi connectivity index (χ1v) is 54.8. The number of amides is 3. The van der Waals surface area contributed by atoms with Gasteiger partial charge in [-0.15, -0.1) is 22.7 Å². The molecular weight excluding hydrogens is 1870 g/mol. The Morgan fingerprint density at radius 3 is 1.64 bits per heavy atom. The molecule has 2 N–H and O–H groups in total. The lowest BCUT2D eigenvalue weighted by Crippen LogP contribution is -2.43. The molecule has 7 aromatic carbocycles. The second-order valence-electron chi connectivity index (χ2n) is 41.3. The normalized spacial score (nSPS) is 17.3. The molecule has 780 valence electrons. The van der Waals surface area contributed by atoms with E-state index < -0.39 is 0 Å².